The molecular weight excluding hydrogens is 338 g/mol. The topological polar surface area (TPSA) is 55.8 Å². The van der Waals surface area contributed by atoms with Crippen molar-refractivity contribution in [3.63, 3.8) is 0 Å². The van der Waals surface area contributed by atoms with Crippen LogP contribution in [0.2, 0.25) is 5.02 Å². The van der Waals surface area contributed by atoms with E-state index in [1.165, 1.54) is 16.4 Å². The zero-order valence-electron chi connectivity index (χ0n) is 12.5. The molecule has 0 amide bonds. The van der Waals surface area contributed by atoms with Crippen LogP contribution in [-0.4, -0.2) is 28.2 Å². The number of anilines is 1. The van der Waals surface area contributed by atoms with Crippen LogP contribution >= 0.6 is 11.6 Å². The van der Waals surface area contributed by atoms with E-state index in [1.54, 1.807) is 37.3 Å². The predicted octanol–water partition coefficient (Wildman–Crippen LogP) is 3.33. The fourth-order valence-electron chi connectivity index (χ4n) is 2.41. The molecule has 7 heteroatoms. The molecule has 0 aliphatic carbocycles. The van der Waals surface area contributed by atoms with Crippen LogP contribution in [0.25, 0.3) is 0 Å². The van der Waals surface area contributed by atoms with Gasteiger partial charge in [-0.3, -0.25) is 4.31 Å². The number of hydrogen-bond acceptors (Lipinski definition) is 4. The Morgan fingerprint density at radius 2 is 1.70 bits per heavy atom. The van der Waals surface area contributed by atoms with E-state index in [4.69, 9.17) is 21.1 Å². The number of nitrogens with zero attached hydrogens (tertiary/aromatic N) is 1. The van der Waals surface area contributed by atoms with Crippen molar-refractivity contribution in [1.29, 1.82) is 0 Å². The molecule has 1 heterocycles. The number of benzene rings is 2. The summed E-state index contributed by atoms with van der Waals surface area (Å²) in [5.41, 5.74) is 0.534. The van der Waals surface area contributed by atoms with E-state index in [-0.39, 0.29) is 4.90 Å². The highest BCUT2D eigenvalue weighted by Crippen LogP contribution is 2.35. The van der Waals surface area contributed by atoms with Crippen LogP contribution in [-0.2, 0) is 10.0 Å². The summed E-state index contributed by atoms with van der Waals surface area (Å²) in [7, 11) is -3.67. The molecule has 0 saturated carbocycles. The Kier molecular flexibility index (Phi) is 4.37. The Morgan fingerprint density at radius 1 is 1.04 bits per heavy atom. The van der Waals surface area contributed by atoms with Crippen LogP contribution in [0.1, 0.15) is 6.92 Å². The fraction of sp³-hybridized carbons (Fsp3) is 0.250. The summed E-state index contributed by atoms with van der Waals surface area (Å²) in [4.78, 5) is 0.193. The average Bonchev–Trinajstić information content (AvgIpc) is 2.55. The first-order valence-electron chi connectivity index (χ1n) is 7.20. The first kappa shape index (κ1) is 16.0. The molecule has 0 radical (unpaired) electrons. The molecule has 0 bridgehead atoms. The molecule has 1 aliphatic rings. The molecule has 5 nitrogen and oxygen atoms in total. The van der Waals surface area contributed by atoms with Gasteiger partial charge in [0.25, 0.3) is 10.0 Å². The van der Waals surface area contributed by atoms with E-state index in [0.29, 0.717) is 42.0 Å². The lowest BCUT2D eigenvalue weighted by atomic mass is 10.2. The van der Waals surface area contributed by atoms with Crippen LogP contribution in [0.5, 0.6) is 11.5 Å². The van der Waals surface area contributed by atoms with E-state index in [0.717, 1.165) is 0 Å². The van der Waals surface area contributed by atoms with E-state index in [2.05, 4.69) is 0 Å². The third-order valence-corrected chi connectivity index (χ3v) is 5.67. The summed E-state index contributed by atoms with van der Waals surface area (Å²) in [6.07, 6.45) is 0. The third-order valence-electron chi connectivity index (χ3n) is 3.50. The number of halogens is 1. The largest absolute Gasteiger partial charge is 0.486 e. The molecular formula is C16H16ClNO4S. The van der Waals surface area contributed by atoms with Crippen molar-refractivity contribution in [3.05, 3.63) is 47.5 Å². The van der Waals surface area contributed by atoms with Gasteiger partial charge in [-0.05, 0) is 43.3 Å². The molecule has 1 aliphatic heterocycles. The average molecular weight is 354 g/mol. The minimum atomic E-state index is -3.67. The van der Waals surface area contributed by atoms with Crippen molar-refractivity contribution < 1.29 is 17.9 Å². The van der Waals surface area contributed by atoms with Crippen molar-refractivity contribution in [2.24, 2.45) is 0 Å². The van der Waals surface area contributed by atoms with Crippen LogP contribution in [0.3, 0.4) is 0 Å². The van der Waals surface area contributed by atoms with E-state index >= 15 is 0 Å². The molecule has 0 unspecified atom stereocenters. The minimum Gasteiger partial charge on any atom is -0.486 e. The zero-order valence-corrected chi connectivity index (χ0v) is 14.1. The molecule has 0 N–H and O–H groups in total. The number of sulfonamides is 1. The quantitative estimate of drug-likeness (QED) is 0.846. The van der Waals surface area contributed by atoms with Gasteiger partial charge in [-0.25, -0.2) is 8.42 Å². The van der Waals surface area contributed by atoms with Crippen LogP contribution in [0.15, 0.2) is 47.4 Å². The summed E-state index contributed by atoms with van der Waals surface area (Å²) < 4.78 is 38.0. The predicted molar refractivity (Wildman–Crippen MR) is 89.1 cm³/mol. The summed E-state index contributed by atoms with van der Waals surface area (Å²) >= 11 is 5.83. The highest BCUT2D eigenvalue weighted by atomic mass is 35.5. The highest BCUT2D eigenvalue weighted by molar-refractivity contribution is 7.92. The smallest absolute Gasteiger partial charge is 0.264 e. The molecule has 0 aromatic heterocycles. The van der Waals surface area contributed by atoms with Gasteiger partial charge in [0.2, 0.25) is 0 Å². The standard InChI is InChI=1S/C16H16ClNO4S/c1-2-18(23(19,20)14-6-3-12(17)4-7-14)13-5-8-15-16(11-13)22-10-9-21-15/h3-8,11H,2,9-10H2,1H3. The zero-order chi connectivity index (χ0) is 16.4. The second kappa shape index (κ2) is 6.29. The molecule has 122 valence electrons. The van der Waals surface area contributed by atoms with Crippen molar-refractivity contribution in [3.8, 4) is 11.5 Å². The molecule has 2 aromatic carbocycles. The van der Waals surface area contributed by atoms with Crippen LogP contribution in [0, 0.1) is 0 Å². The molecule has 0 saturated heterocycles. The van der Waals surface area contributed by atoms with Gasteiger partial charge < -0.3 is 9.47 Å². The first-order valence-corrected chi connectivity index (χ1v) is 9.02. The lowest BCUT2D eigenvalue weighted by molar-refractivity contribution is 0.171. The summed E-state index contributed by atoms with van der Waals surface area (Å²) in [5, 5.41) is 0.492. The Balaban J connectivity index is 2.00. The lowest BCUT2D eigenvalue weighted by Crippen LogP contribution is -2.31. The number of rotatable bonds is 4. The van der Waals surface area contributed by atoms with Gasteiger partial charge in [-0.2, -0.15) is 0 Å². The Bertz CT molecular complexity index is 805. The van der Waals surface area contributed by atoms with E-state index < -0.39 is 10.0 Å². The van der Waals surface area contributed by atoms with Gasteiger partial charge >= 0.3 is 0 Å². The first-order chi connectivity index (χ1) is 11.0. The van der Waals surface area contributed by atoms with Crippen molar-refractivity contribution >= 4 is 27.3 Å². The van der Waals surface area contributed by atoms with Gasteiger partial charge in [0.1, 0.15) is 13.2 Å². The maximum absolute atomic E-state index is 12.9. The number of fused-ring (bicyclic) bond motifs is 1. The van der Waals surface area contributed by atoms with Crippen LogP contribution < -0.4 is 13.8 Å². The summed E-state index contributed by atoms with van der Waals surface area (Å²) in [6.45, 7) is 3.02. The lowest BCUT2D eigenvalue weighted by Gasteiger charge is -2.25. The minimum absolute atomic E-state index is 0.193. The van der Waals surface area contributed by atoms with E-state index in [9.17, 15) is 8.42 Å². The Morgan fingerprint density at radius 3 is 2.35 bits per heavy atom. The SMILES string of the molecule is CCN(c1ccc2c(c1)OCCO2)S(=O)(=O)c1ccc(Cl)cc1. The second-order valence-corrected chi connectivity index (χ2v) is 7.25. The number of hydrogen-bond donors (Lipinski definition) is 0. The highest BCUT2D eigenvalue weighted by Gasteiger charge is 2.25. The molecule has 0 atom stereocenters. The van der Waals surface area contributed by atoms with Gasteiger partial charge in [0.05, 0.1) is 10.6 Å². The summed E-state index contributed by atoms with van der Waals surface area (Å²) in [5.74, 6) is 1.18. The Hall–Kier alpha value is -1.92. The van der Waals surface area contributed by atoms with E-state index in [1.807, 2.05) is 0 Å². The number of ether oxygens (including phenoxy) is 2. The maximum Gasteiger partial charge on any atom is 0.264 e. The van der Waals surface area contributed by atoms with Crippen molar-refractivity contribution in [1.82, 2.24) is 0 Å². The van der Waals surface area contributed by atoms with Crippen LogP contribution in [0.4, 0.5) is 5.69 Å². The molecule has 0 spiro atoms. The van der Waals surface area contributed by atoms with Gasteiger partial charge in [-0.1, -0.05) is 11.6 Å². The second-order valence-electron chi connectivity index (χ2n) is 4.95. The van der Waals surface area contributed by atoms with Crippen molar-refractivity contribution in [2.75, 3.05) is 24.1 Å². The van der Waals surface area contributed by atoms with Gasteiger partial charge in [0, 0.05) is 17.6 Å². The van der Waals surface area contributed by atoms with Gasteiger partial charge in [-0.15, -0.1) is 0 Å². The third kappa shape index (κ3) is 3.09. The normalized spacial score (nSPS) is 13.7. The Labute approximate surface area is 140 Å². The molecule has 0 fully saturated rings. The molecule has 2 aromatic rings. The maximum atomic E-state index is 12.9. The monoisotopic (exact) mass is 353 g/mol. The summed E-state index contributed by atoms with van der Waals surface area (Å²) in [6, 6.07) is 11.2. The molecule has 23 heavy (non-hydrogen) atoms. The van der Waals surface area contributed by atoms with Gasteiger partial charge in [0.15, 0.2) is 11.5 Å². The fourth-order valence-corrected chi connectivity index (χ4v) is 4.00. The molecule has 3 rings (SSSR count). The van der Waals surface area contributed by atoms with Crippen molar-refractivity contribution in [2.45, 2.75) is 11.8 Å².